The van der Waals surface area contributed by atoms with Crippen LogP contribution in [0.2, 0.25) is 10.0 Å². The predicted molar refractivity (Wildman–Crippen MR) is 128 cm³/mol. The first-order chi connectivity index (χ1) is 13.2. The third-order valence-corrected chi connectivity index (χ3v) is 5.66. The Labute approximate surface area is 193 Å². The van der Waals surface area contributed by atoms with Crippen molar-refractivity contribution in [1.29, 1.82) is 0 Å². The van der Waals surface area contributed by atoms with Crippen LogP contribution in [-0.4, -0.2) is 41.0 Å². The van der Waals surface area contributed by atoms with Crippen molar-refractivity contribution in [2.45, 2.75) is 19.3 Å². The van der Waals surface area contributed by atoms with E-state index in [9.17, 15) is 0 Å². The standard InChI is InChI=1S/C21H22Cl2N4.2ClH/c22-17-9-8-15(14-18(17)23)20-25-19-7-2-1-6-16(19)21(26-20)24-10-5-13-27-11-3-4-12-27;;/h1-2,6-9,14H,3-5,10-13H2,(H,24,25,26);2*1H. The van der Waals surface area contributed by atoms with E-state index in [1.54, 1.807) is 6.07 Å². The van der Waals surface area contributed by atoms with Crippen LogP contribution in [-0.2, 0) is 0 Å². The zero-order valence-electron chi connectivity index (χ0n) is 15.9. The van der Waals surface area contributed by atoms with Crippen molar-refractivity contribution in [3.63, 3.8) is 0 Å². The second-order valence-electron chi connectivity index (χ2n) is 6.87. The molecule has 0 saturated carbocycles. The van der Waals surface area contributed by atoms with Crippen LogP contribution in [0.3, 0.4) is 0 Å². The number of nitrogens with one attached hydrogen (secondary N) is 1. The van der Waals surface area contributed by atoms with Gasteiger partial charge in [0.05, 0.1) is 15.6 Å². The molecule has 1 aliphatic rings. The molecule has 4 rings (SSSR count). The predicted octanol–water partition coefficient (Wildman–Crippen LogP) is 6.35. The van der Waals surface area contributed by atoms with Crippen molar-refractivity contribution in [2.75, 3.05) is 31.5 Å². The Bertz CT molecular complexity index is 945. The van der Waals surface area contributed by atoms with E-state index in [0.29, 0.717) is 15.9 Å². The maximum Gasteiger partial charge on any atom is 0.162 e. The lowest BCUT2D eigenvalue weighted by atomic mass is 10.2. The van der Waals surface area contributed by atoms with Crippen molar-refractivity contribution in [3.05, 3.63) is 52.5 Å². The summed E-state index contributed by atoms with van der Waals surface area (Å²) in [6.07, 6.45) is 3.76. The normalized spacial score (nSPS) is 13.7. The molecular formula is C21H24Cl4N4. The third kappa shape index (κ3) is 5.87. The van der Waals surface area contributed by atoms with Gasteiger partial charge in [-0.2, -0.15) is 0 Å². The summed E-state index contributed by atoms with van der Waals surface area (Å²) in [6, 6.07) is 13.6. The molecule has 2 heterocycles. The maximum absolute atomic E-state index is 6.18. The molecular weight excluding hydrogens is 450 g/mol. The molecule has 0 unspecified atom stereocenters. The van der Waals surface area contributed by atoms with Crippen LogP contribution in [0.1, 0.15) is 19.3 Å². The van der Waals surface area contributed by atoms with Crippen molar-refractivity contribution in [1.82, 2.24) is 14.9 Å². The lowest BCUT2D eigenvalue weighted by Crippen LogP contribution is -2.22. The molecule has 1 fully saturated rings. The summed E-state index contributed by atoms with van der Waals surface area (Å²) in [5.74, 6) is 1.51. The molecule has 0 amide bonds. The molecule has 0 spiro atoms. The minimum atomic E-state index is 0. The number of para-hydroxylation sites is 1. The van der Waals surface area contributed by atoms with E-state index in [2.05, 4.69) is 16.3 Å². The van der Waals surface area contributed by atoms with Gasteiger partial charge in [0.15, 0.2) is 5.82 Å². The van der Waals surface area contributed by atoms with E-state index < -0.39 is 0 Å². The molecule has 1 aliphatic heterocycles. The van der Waals surface area contributed by atoms with Gasteiger partial charge in [-0.3, -0.25) is 0 Å². The second kappa shape index (κ2) is 11.2. The van der Waals surface area contributed by atoms with Crippen LogP contribution in [0.25, 0.3) is 22.3 Å². The van der Waals surface area contributed by atoms with Gasteiger partial charge in [-0.05, 0) is 69.2 Å². The highest BCUT2D eigenvalue weighted by atomic mass is 35.5. The summed E-state index contributed by atoms with van der Waals surface area (Å²) >= 11 is 12.2. The average Bonchev–Trinajstić information content (AvgIpc) is 3.20. The summed E-state index contributed by atoms with van der Waals surface area (Å²) in [6.45, 7) is 4.49. The molecule has 1 saturated heterocycles. The number of hydrogen-bond donors (Lipinski definition) is 1. The highest BCUT2D eigenvalue weighted by Gasteiger charge is 2.12. The largest absolute Gasteiger partial charge is 0.369 e. The zero-order chi connectivity index (χ0) is 18.6. The van der Waals surface area contributed by atoms with Gasteiger partial charge < -0.3 is 10.2 Å². The fourth-order valence-corrected chi connectivity index (χ4v) is 3.79. The Kier molecular flexibility index (Phi) is 9.25. The summed E-state index contributed by atoms with van der Waals surface area (Å²) in [4.78, 5) is 12.0. The zero-order valence-corrected chi connectivity index (χ0v) is 19.1. The average molecular weight is 474 g/mol. The fraction of sp³-hybridized carbons (Fsp3) is 0.333. The maximum atomic E-state index is 6.18. The van der Waals surface area contributed by atoms with Gasteiger partial charge in [-0.1, -0.05) is 35.3 Å². The van der Waals surface area contributed by atoms with Crippen molar-refractivity contribution in [3.8, 4) is 11.4 Å². The van der Waals surface area contributed by atoms with Crippen LogP contribution in [0.5, 0.6) is 0 Å². The van der Waals surface area contributed by atoms with Crippen LogP contribution in [0.15, 0.2) is 42.5 Å². The van der Waals surface area contributed by atoms with E-state index >= 15 is 0 Å². The van der Waals surface area contributed by atoms with Crippen LogP contribution in [0.4, 0.5) is 5.82 Å². The van der Waals surface area contributed by atoms with Gasteiger partial charge in [0.2, 0.25) is 0 Å². The summed E-state index contributed by atoms with van der Waals surface area (Å²) in [5.41, 5.74) is 1.77. The Morgan fingerprint density at radius 1 is 0.931 bits per heavy atom. The molecule has 1 aromatic heterocycles. The lowest BCUT2D eigenvalue weighted by Gasteiger charge is -2.15. The molecule has 156 valence electrons. The molecule has 0 radical (unpaired) electrons. The molecule has 0 atom stereocenters. The van der Waals surface area contributed by atoms with Crippen molar-refractivity contribution < 1.29 is 0 Å². The van der Waals surface area contributed by atoms with Gasteiger partial charge in [-0.15, -0.1) is 24.8 Å². The number of fused-ring (bicyclic) bond motifs is 1. The Morgan fingerprint density at radius 3 is 2.45 bits per heavy atom. The van der Waals surface area contributed by atoms with Crippen molar-refractivity contribution >= 4 is 64.7 Å². The van der Waals surface area contributed by atoms with Gasteiger partial charge >= 0.3 is 0 Å². The van der Waals surface area contributed by atoms with E-state index in [-0.39, 0.29) is 24.8 Å². The number of rotatable bonds is 6. The van der Waals surface area contributed by atoms with Gasteiger partial charge in [-0.25, -0.2) is 9.97 Å². The van der Waals surface area contributed by atoms with E-state index in [1.807, 2.05) is 30.3 Å². The van der Waals surface area contributed by atoms with E-state index in [1.165, 1.54) is 25.9 Å². The molecule has 4 nitrogen and oxygen atoms in total. The van der Waals surface area contributed by atoms with Gasteiger partial charge in [0.25, 0.3) is 0 Å². The number of halogens is 4. The van der Waals surface area contributed by atoms with E-state index in [4.69, 9.17) is 33.2 Å². The van der Waals surface area contributed by atoms with Crippen molar-refractivity contribution in [2.24, 2.45) is 0 Å². The Morgan fingerprint density at radius 2 is 1.69 bits per heavy atom. The number of anilines is 1. The molecule has 0 aliphatic carbocycles. The topological polar surface area (TPSA) is 41.1 Å². The number of likely N-dealkylation sites (tertiary alicyclic amines) is 1. The molecule has 1 N–H and O–H groups in total. The van der Waals surface area contributed by atoms with Crippen LogP contribution in [0, 0.1) is 0 Å². The smallest absolute Gasteiger partial charge is 0.162 e. The summed E-state index contributed by atoms with van der Waals surface area (Å²) in [5, 5.41) is 5.58. The highest BCUT2D eigenvalue weighted by molar-refractivity contribution is 6.42. The SMILES string of the molecule is Cl.Cl.Clc1ccc(-c2nc(NCCCN3CCCC3)c3ccccc3n2)cc1Cl. The minimum absolute atomic E-state index is 0. The first-order valence-corrected chi connectivity index (χ1v) is 10.1. The molecule has 29 heavy (non-hydrogen) atoms. The Hall–Kier alpha value is -1.30. The fourth-order valence-electron chi connectivity index (χ4n) is 3.49. The highest BCUT2D eigenvalue weighted by Crippen LogP contribution is 2.29. The lowest BCUT2D eigenvalue weighted by molar-refractivity contribution is 0.337. The quantitative estimate of drug-likeness (QED) is 0.423. The molecule has 8 heteroatoms. The monoisotopic (exact) mass is 472 g/mol. The Balaban J connectivity index is 0.00000150. The van der Waals surface area contributed by atoms with Crippen LogP contribution < -0.4 is 5.32 Å². The number of nitrogens with zero attached hydrogens (tertiary/aromatic N) is 3. The van der Waals surface area contributed by atoms with Gasteiger partial charge in [0.1, 0.15) is 5.82 Å². The number of hydrogen-bond acceptors (Lipinski definition) is 4. The summed E-state index contributed by atoms with van der Waals surface area (Å²) < 4.78 is 0. The van der Waals surface area contributed by atoms with Crippen LogP contribution >= 0.6 is 48.0 Å². The first-order valence-electron chi connectivity index (χ1n) is 9.39. The molecule has 0 bridgehead atoms. The number of aromatic nitrogens is 2. The van der Waals surface area contributed by atoms with Gasteiger partial charge in [0, 0.05) is 17.5 Å². The van der Waals surface area contributed by atoms with E-state index in [0.717, 1.165) is 41.8 Å². The summed E-state index contributed by atoms with van der Waals surface area (Å²) in [7, 11) is 0. The number of benzene rings is 2. The molecule has 3 aromatic rings. The first kappa shape index (κ1) is 24.0. The minimum Gasteiger partial charge on any atom is -0.369 e. The second-order valence-corrected chi connectivity index (χ2v) is 7.69. The molecule has 2 aromatic carbocycles. The third-order valence-electron chi connectivity index (χ3n) is 4.92.